The topological polar surface area (TPSA) is 44.7 Å². The summed E-state index contributed by atoms with van der Waals surface area (Å²) in [6.45, 7) is 3.46. The quantitative estimate of drug-likeness (QED) is 0.913. The number of halogens is 2. The Hall–Kier alpha value is -1.53. The van der Waals surface area contributed by atoms with Crippen molar-refractivity contribution in [3.63, 3.8) is 0 Å². The number of carbonyl (C=O) groups is 1. The minimum atomic E-state index is -0.435. The molecule has 0 fully saturated rings. The second-order valence-electron chi connectivity index (χ2n) is 4.27. The van der Waals surface area contributed by atoms with Gasteiger partial charge in [0.25, 0.3) is 5.91 Å². The monoisotopic (exact) mass is 313 g/mol. The maximum atomic E-state index is 13.5. The Kier molecular flexibility index (Phi) is 4.35. The maximum Gasteiger partial charge on any atom is 0.264 e. The number of amidine groups is 1. The molecule has 4 nitrogen and oxygen atoms in total. The van der Waals surface area contributed by atoms with Crippen LogP contribution in [0.2, 0.25) is 0 Å². The van der Waals surface area contributed by atoms with E-state index in [0.717, 1.165) is 24.0 Å². The van der Waals surface area contributed by atoms with E-state index in [-0.39, 0.29) is 24.0 Å². The van der Waals surface area contributed by atoms with Gasteiger partial charge in [0.1, 0.15) is 5.82 Å². The van der Waals surface area contributed by atoms with E-state index in [1.54, 1.807) is 18.2 Å². The van der Waals surface area contributed by atoms with Gasteiger partial charge in [0, 0.05) is 12.2 Å². The van der Waals surface area contributed by atoms with Crippen LogP contribution in [0.4, 0.5) is 10.1 Å². The van der Waals surface area contributed by atoms with Gasteiger partial charge in [-0.05, 0) is 30.8 Å². The Balaban J connectivity index is 0.00000147. The number of hydrogen-bond acceptors (Lipinski definition) is 4. The zero-order valence-electron chi connectivity index (χ0n) is 10.7. The predicted octanol–water partition coefficient (Wildman–Crippen LogP) is 2.84. The van der Waals surface area contributed by atoms with Gasteiger partial charge in [-0.2, -0.15) is 0 Å². The smallest absolute Gasteiger partial charge is 0.264 e. The van der Waals surface area contributed by atoms with Crippen molar-refractivity contribution >= 4 is 40.9 Å². The summed E-state index contributed by atoms with van der Waals surface area (Å²) in [6, 6.07) is 6.14. The fourth-order valence-corrected chi connectivity index (χ4v) is 3.14. The van der Waals surface area contributed by atoms with Crippen molar-refractivity contribution in [2.24, 2.45) is 4.99 Å². The van der Waals surface area contributed by atoms with Crippen LogP contribution in [0.15, 0.2) is 39.9 Å². The Morgan fingerprint density at radius 1 is 1.45 bits per heavy atom. The molecule has 0 aromatic heterocycles. The van der Waals surface area contributed by atoms with E-state index in [1.807, 2.05) is 11.8 Å². The van der Waals surface area contributed by atoms with E-state index in [0.29, 0.717) is 4.91 Å². The molecule has 0 saturated carbocycles. The number of benzene rings is 1. The molecule has 0 saturated heterocycles. The summed E-state index contributed by atoms with van der Waals surface area (Å²) in [4.78, 5) is 19.1. The fourth-order valence-electron chi connectivity index (χ4n) is 2.07. The van der Waals surface area contributed by atoms with Crippen molar-refractivity contribution in [1.29, 1.82) is 0 Å². The van der Waals surface area contributed by atoms with E-state index >= 15 is 0 Å². The molecule has 0 aliphatic carbocycles. The number of carbonyl (C=O) groups excluding carboxylic acids is 1. The number of nitrogens with zero attached hydrogens (tertiary/aromatic N) is 2. The second-order valence-corrected chi connectivity index (χ2v) is 5.24. The summed E-state index contributed by atoms with van der Waals surface area (Å²) in [7, 11) is 0. The van der Waals surface area contributed by atoms with E-state index in [1.165, 1.54) is 17.8 Å². The molecule has 2 aliphatic rings. The Bertz CT molecular complexity index is 617. The molecule has 0 unspecified atom stereocenters. The number of hydrogen-bond donors (Lipinski definition) is 1. The lowest BCUT2D eigenvalue weighted by molar-refractivity contribution is -0.112. The largest absolute Gasteiger partial charge is 0.322 e. The molecule has 1 aromatic carbocycles. The number of allylic oxidation sites excluding steroid dienone is 1. The number of amides is 1. The third kappa shape index (κ3) is 2.53. The molecule has 0 radical (unpaired) electrons. The highest BCUT2D eigenvalue weighted by atomic mass is 35.5. The van der Waals surface area contributed by atoms with Gasteiger partial charge in [0.2, 0.25) is 0 Å². The van der Waals surface area contributed by atoms with Crippen LogP contribution >= 0.6 is 24.2 Å². The average Bonchev–Trinajstić information content (AvgIpc) is 2.96. The number of rotatable bonds is 2. The number of fused-ring (bicyclic) bond motifs is 1. The maximum absolute atomic E-state index is 13.5. The van der Waals surface area contributed by atoms with E-state index in [4.69, 9.17) is 0 Å². The van der Waals surface area contributed by atoms with Crippen molar-refractivity contribution in [3.8, 4) is 0 Å². The molecular weight excluding hydrogens is 301 g/mol. The standard InChI is InChI=1S/C13H12FN3OS.ClH/c1-8-11(19-13-15-6-7-17(8)13)12(18)16-10-5-3-2-4-9(10)14;/h2-5H,6-7H2,1H3,(H,16,18);1H. The SMILES string of the molecule is CC1=C(C(=O)Nc2ccccc2F)SC2=NCCN21.Cl. The first-order valence-electron chi connectivity index (χ1n) is 5.93. The zero-order chi connectivity index (χ0) is 13.4. The molecule has 0 spiro atoms. The molecule has 1 amide bonds. The molecule has 106 valence electrons. The van der Waals surface area contributed by atoms with Crippen LogP contribution < -0.4 is 5.32 Å². The first-order chi connectivity index (χ1) is 9.16. The molecule has 20 heavy (non-hydrogen) atoms. The van der Waals surface area contributed by atoms with Crippen LogP contribution in [0.25, 0.3) is 0 Å². The van der Waals surface area contributed by atoms with Gasteiger partial charge in [-0.3, -0.25) is 9.79 Å². The highest BCUT2D eigenvalue weighted by molar-refractivity contribution is 8.18. The van der Waals surface area contributed by atoms with Gasteiger partial charge >= 0.3 is 0 Å². The molecule has 0 atom stereocenters. The van der Waals surface area contributed by atoms with Crippen molar-refractivity contribution in [3.05, 3.63) is 40.7 Å². The van der Waals surface area contributed by atoms with Gasteiger partial charge < -0.3 is 10.2 Å². The third-order valence-corrected chi connectivity index (χ3v) is 4.27. The number of nitrogens with one attached hydrogen (secondary N) is 1. The lowest BCUT2D eigenvalue weighted by Crippen LogP contribution is -2.20. The molecule has 0 bridgehead atoms. The van der Waals surface area contributed by atoms with Crippen molar-refractivity contribution < 1.29 is 9.18 Å². The highest BCUT2D eigenvalue weighted by Gasteiger charge is 2.33. The van der Waals surface area contributed by atoms with Crippen molar-refractivity contribution in [2.45, 2.75) is 6.92 Å². The van der Waals surface area contributed by atoms with Crippen LogP contribution in [-0.2, 0) is 4.79 Å². The summed E-state index contributed by atoms with van der Waals surface area (Å²) in [5.41, 5.74) is 1.08. The molecule has 1 aromatic rings. The Labute approximate surface area is 126 Å². The van der Waals surface area contributed by atoms with Crippen molar-refractivity contribution in [2.75, 3.05) is 18.4 Å². The lowest BCUT2D eigenvalue weighted by Gasteiger charge is -2.12. The van der Waals surface area contributed by atoms with Crippen LogP contribution in [0.5, 0.6) is 0 Å². The van der Waals surface area contributed by atoms with Crippen molar-refractivity contribution in [1.82, 2.24) is 4.90 Å². The second kappa shape index (κ2) is 5.85. The van der Waals surface area contributed by atoms with Gasteiger partial charge in [0.05, 0.1) is 17.1 Å². The molecule has 2 heterocycles. The number of anilines is 1. The normalized spacial score (nSPS) is 16.7. The molecule has 7 heteroatoms. The molecule has 3 rings (SSSR count). The first-order valence-corrected chi connectivity index (χ1v) is 6.75. The van der Waals surface area contributed by atoms with Crippen LogP contribution in [0, 0.1) is 5.82 Å². The minimum absolute atomic E-state index is 0. The molecule has 2 aliphatic heterocycles. The Morgan fingerprint density at radius 2 is 2.20 bits per heavy atom. The number of aliphatic imine (C=N–C) groups is 1. The van der Waals surface area contributed by atoms with E-state index in [9.17, 15) is 9.18 Å². The summed E-state index contributed by atoms with van der Waals surface area (Å²) >= 11 is 1.34. The summed E-state index contributed by atoms with van der Waals surface area (Å²) in [5.74, 6) is -0.723. The summed E-state index contributed by atoms with van der Waals surface area (Å²) < 4.78 is 13.5. The summed E-state index contributed by atoms with van der Waals surface area (Å²) in [6.07, 6.45) is 0. The average molecular weight is 314 g/mol. The minimum Gasteiger partial charge on any atom is -0.322 e. The predicted molar refractivity (Wildman–Crippen MR) is 81.6 cm³/mol. The highest BCUT2D eigenvalue weighted by Crippen LogP contribution is 2.36. The molecule has 1 N–H and O–H groups in total. The fraction of sp³-hybridized carbons (Fsp3) is 0.231. The number of para-hydroxylation sites is 1. The van der Waals surface area contributed by atoms with Crippen LogP contribution in [0.1, 0.15) is 6.92 Å². The van der Waals surface area contributed by atoms with E-state index < -0.39 is 5.82 Å². The van der Waals surface area contributed by atoms with Crippen LogP contribution in [0.3, 0.4) is 0 Å². The van der Waals surface area contributed by atoms with Gasteiger partial charge in [-0.1, -0.05) is 12.1 Å². The van der Waals surface area contributed by atoms with Gasteiger partial charge in [0.15, 0.2) is 5.17 Å². The Morgan fingerprint density at radius 3 is 2.90 bits per heavy atom. The van der Waals surface area contributed by atoms with Gasteiger partial charge in [-0.15, -0.1) is 12.4 Å². The third-order valence-electron chi connectivity index (χ3n) is 3.06. The summed E-state index contributed by atoms with van der Waals surface area (Å²) in [5, 5.41) is 3.46. The van der Waals surface area contributed by atoms with Gasteiger partial charge in [-0.25, -0.2) is 4.39 Å². The number of thioether (sulfide) groups is 1. The zero-order valence-corrected chi connectivity index (χ0v) is 12.4. The lowest BCUT2D eigenvalue weighted by atomic mass is 10.3. The molecular formula is C13H13ClFN3OS. The first kappa shape index (κ1) is 14.9. The van der Waals surface area contributed by atoms with E-state index in [2.05, 4.69) is 10.3 Å². The van der Waals surface area contributed by atoms with Crippen LogP contribution in [-0.4, -0.2) is 29.1 Å².